The third-order valence-electron chi connectivity index (χ3n) is 2.34. The maximum absolute atomic E-state index is 12.9. The van der Waals surface area contributed by atoms with Crippen LogP contribution in [0.5, 0.6) is 0 Å². The standard InChI is InChI=1S/C12H11ClF3NO/c1-2-11(18)17-7-9(12(14,15)16)8-5-3-4-6-10(8)13/h2-6,9H,1,7H2,(H,17,18). The van der Waals surface area contributed by atoms with E-state index in [0.29, 0.717) is 0 Å². The molecular formula is C12H11ClF3NO. The highest BCUT2D eigenvalue weighted by atomic mass is 35.5. The monoisotopic (exact) mass is 277 g/mol. The zero-order valence-corrected chi connectivity index (χ0v) is 10.1. The molecule has 98 valence electrons. The van der Waals surface area contributed by atoms with Crippen molar-refractivity contribution in [3.8, 4) is 0 Å². The molecule has 0 spiro atoms. The van der Waals surface area contributed by atoms with Crippen LogP contribution in [0.15, 0.2) is 36.9 Å². The van der Waals surface area contributed by atoms with Crippen LogP contribution in [0.1, 0.15) is 11.5 Å². The van der Waals surface area contributed by atoms with Gasteiger partial charge in [-0.15, -0.1) is 0 Å². The number of hydrogen-bond donors (Lipinski definition) is 1. The zero-order valence-electron chi connectivity index (χ0n) is 9.30. The van der Waals surface area contributed by atoms with Crippen molar-refractivity contribution in [3.05, 3.63) is 47.5 Å². The van der Waals surface area contributed by atoms with E-state index in [9.17, 15) is 18.0 Å². The highest BCUT2D eigenvalue weighted by Crippen LogP contribution is 2.37. The van der Waals surface area contributed by atoms with E-state index in [1.54, 1.807) is 6.07 Å². The van der Waals surface area contributed by atoms with Gasteiger partial charge in [-0.3, -0.25) is 4.79 Å². The van der Waals surface area contributed by atoms with E-state index in [-0.39, 0.29) is 10.6 Å². The lowest BCUT2D eigenvalue weighted by Gasteiger charge is -2.21. The van der Waals surface area contributed by atoms with E-state index in [1.165, 1.54) is 18.2 Å². The predicted molar refractivity (Wildman–Crippen MR) is 63.5 cm³/mol. The fourth-order valence-electron chi connectivity index (χ4n) is 1.43. The molecular weight excluding hydrogens is 267 g/mol. The molecule has 1 N–H and O–H groups in total. The van der Waals surface area contributed by atoms with E-state index in [1.807, 2.05) is 0 Å². The molecule has 0 aromatic heterocycles. The first-order chi connectivity index (χ1) is 8.36. The first-order valence-corrected chi connectivity index (χ1v) is 5.45. The molecule has 1 unspecified atom stereocenters. The average molecular weight is 278 g/mol. The predicted octanol–water partition coefficient (Wildman–Crippen LogP) is 3.29. The summed E-state index contributed by atoms with van der Waals surface area (Å²) in [5, 5.41) is 2.15. The Morgan fingerprint density at radius 1 is 1.44 bits per heavy atom. The van der Waals surface area contributed by atoms with Gasteiger partial charge in [-0.2, -0.15) is 13.2 Å². The Labute approximate surface area is 107 Å². The number of halogens is 4. The second-order valence-corrected chi connectivity index (χ2v) is 3.97. The fourth-order valence-corrected chi connectivity index (χ4v) is 1.70. The van der Waals surface area contributed by atoms with Gasteiger partial charge in [-0.25, -0.2) is 0 Å². The van der Waals surface area contributed by atoms with Crippen molar-refractivity contribution in [1.82, 2.24) is 5.32 Å². The summed E-state index contributed by atoms with van der Waals surface area (Å²) >= 11 is 5.74. The SMILES string of the molecule is C=CC(=O)NCC(c1ccccc1Cl)C(F)(F)F. The Bertz CT molecular complexity index is 445. The minimum atomic E-state index is -4.49. The van der Waals surface area contributed by atoms with E-state index < -0.39 is 24.5 Å². The molecule has 0 aliphatic rings. The lowest BCUT2D eigenvalue weighted by Crippen LogP contribution is -2.34. The summed E-state index contributed by atoms with van der Waals surface area (Å²) < 4.78 is 38.7. The lowest BCUT2D eigenvalue weighted by molar-refractivity contribution is -0.150. The molecule has 0 radical (unpaired) electrons. The smallest absolute Gasteiger partial charge is 0.352 e. The van der Waals surface area contributed by atoms with Crippen LogP contribution in [0.25, 0.3) is 0 Å². The summed E-state index contributed by atoms with van der Waals surface area (Å²) in [7, 11) is 0. The molecule has 0 fully saturated rings. The van der Waals surface area contributed by atoms with Gasteiger partial charge >= 0.3 is 6.18 Å². The molecule has 1 aromatic rings. The minimum Gasteiger partial charge on any atom is -0.352 e. The van der Waals surface area contributed by atoms with Gasteiger partial charge in [0.25, 0.3) is 0 Å². The van der Waals surface area contributed by atoms with E-state index in [4.69, 9.17) is 11.6 Å². The highest BCUT2D eigenvalue weighted by Gasteiger charge is 2.41. The zero-order chi connectivity index (χ0) is 13.8. The van der Waals surface area contributed by atoms with Crippen molar-refractivity contribution in [2.45, 2.75) is 12.1 Å². The lowest BCUT2D eigenvalue weighted by atomic mass is 9.98. The third-order valence-corrected chi connectivity index (χ3v) is 2.69. The normalized spacial score (nSPS) is 12.9. The molecule has 0 aliphatic heterocycles. The first-order valence-electron chi connectivity index (χ1n) is 5.07. The third kappa shape index (κ3) is 3.77. The average Bonchev–Trinajstić information content (AvgIpc) is 2.29. The Hall–Kier alpha value is -1.49. The van der Waals surface area contributed by atoms with Gasteiger partial charge in [0, 0.05) is 11.6 Å². The molecule has 0 aliphatic carbocycles. The summed E-state index contributed by atoms with van der Waals surface area (Å²) in [6.45, 7) is 2.60. The van der Waals surface area contributed by atoms with Crippen LogP contribution in [0, 0.1) is 0 Å². The van der Waals surface area contributed by atoms with Crippen LogP contribution in [0.2, 0.25) is 5.02 Å². The molecule has 18 heavy (non-hydrogen) atoms. The maximum atomic E-state index is 12.9. The highest BCUT2D eigenvalue weighted by molar-refractivity contribution is 6.31. The summed E-state index contributed by atoms with van der Waals surface area (Å²) in [5.74, 6) is -2.49. The van der Waals surface area contributed by atoms with Crippen LogP contribution in [0.3, 0.4) is 0 Å². The summed E-state index contributed by atoms with van der Waals surface area (Å²) in [5.41, 5.74) is -0.0592. The Morgan fingerprint density at radius 2 is 2.06 bits per heavy atom. The number of hydrogen-bond acceptors (Lipinski definition) is 1. The quantitative estimate of drug-likeness (QED) is 0.841. The number of rotatable bonds is 4. The molecule has 0 saturated heterocycles. The van der Waals surface area contributed by atoms with Crippen molar-refractivity contribution in [2.75, 3.05) is 6.54 Å². The van der Waals surface area contributed by atoms with Gasteiger partial charge in [-0.1, -0.05) is 36.4 Å². The van der Waals surface area contributed by atoms with Gasteiger partial charge in [0.1, 0.15) is 0 Å². The molecule has 0 heterocycles. The van der Waals surface area contributed by atoms with Crippen LogP contribution in [-0.2, 0) is 4.79 Å². The molecule has 6 heteroatoms. The van der Waals surface area contributed by atoms with Gasteiger partial charge < -0.3 is 5.32 Å². The van der Waals surface area contributed by atoms with Gasteiger partial charge in [0.05, 0.1) is 5.92 Å². The summed E-state index contributed by atoms with van der Waals surface area (Å²) in [6, 6.07) is 5.68. The Balaban J connectivity index is 2.96. The van der Waals surface area contributed by atoms with Gasteiger partial charge in [0.15, 0.2) is 0 Å². The van der Waals surface area contributed by atoms with Crippen molar-refractivity contribution >= 4 is 17.5 Å². The summed E-state index contributed by atoms with van der Waals surface area (Å²) in [4.78, 5) is 10.9. The largest absolute Gasteiger partial charge is 0.397 e. The number of amides is 1. The number of carbonyl (C=O) groups excluding carboxylic acids is 1. The van der Waals surface area contributed by atoms with Gasteiger partial charge in [-0.05, 0) is 17.7 Å². The second-order valence-electron chi connectivity index (χ2n) is 3.56. The van der Waals surface area contributed by atoms with Crippen LogP contribution < -0.4 is 5.32 Å². The fraction of sp³-hybridized carbons (Fsp3) is 0.250. The van der Waals surface area contributed by atoms with Crippen LogP contribution in [0.4, 0.5) is 13.2 Å². The Morgan fingerprint density at radius 3 is 2.56 bits per heavy atom. The number of nitrogens with one attached hydrogen (secondary N) is 1. The van der Waals surface area contributed by atoms with Gasteiger partial charge in [0.2, 0.25) is 5.91 Å². The van der Waals surface area contributed by atoms with Crippen molar-refractivity contribution < 1.29 is 18.0 Å². The molecule has 1 rings (SSSR count). The Kier molecular flexibility index (Phi) is 4.78. The minimum absolute atomic E-state index is 0.0210. The van der Waals surface area contributed by atoms with E-state index in [2.05, 4.69) is 11.9 Å². The molecule has 1 atom stereocenters. The number of carbonyl (C=O) groups is 1. The molecule has 2 nitrogen and oxygen atoms in total. The summed E-state index contributed by atoms with van der Waals surface area (Å²) in [6.07, 6.45) is -3.57. The van der Waals surface area contributed by atoms with Crippen LogP contribution in [-0.4, -0.2) is 18.6 Å². The van der Waals surface area contributed by atoms with Crippen LogP contribution >= 0.6 is 11.6 Å². The van der Waals surface area contributed by atoms with Crippen molar-refractivity contribution in [2.24, 2.45) is 0 Å². The molecule has 0 bridgehead atoms. The van der Waals surface area contributed by atoms with Crippen molar-refractivity contribution in [3.63, 3.8) is 0 Å². The van der Waals surface area contributed by atoms with Crippen molar-refractivity contribution in [1.29, 1.82) is 0 Å². The maximum Gasteiger partial charge on any atom is 0.397 e. The number of benzene rings is 1. The molecule has 0 saturated carbocycles. The topological polar surface area (TPSA) is 29.1 Å². The first kappa shape index (κ1) is 14.6. The molecule has 1 amide bonds. The van der Waals surface area contributed by atoms with E-state index >= 15 is 0 Å². The molecule has 1 aromatic carbocycles. The van der Waals surface area contributed by atoms with E-state index in [0.717, 1.165) is 6.08 Å². The second kappa shape index (κ2) is 5.91. The number of alkyl halides is 3.